The van der Waals surface area contributed by atoms with Gasteiger partial charge in [-0.1, -0.05) is 6.07 Å². The van der Waals surface area contributed by atoms with Gasteiger partial charge >= 0.3 is 0 Å². The molecule has 0 fully saturated rings. The fraction of sp³-hybridized carbons (Fsp3) is 0.259. The zero-order chi connectivity index (χ0) is 23.8. The van der Waals surface area contributed by atoms with E-state index in [1.807, 2.05) is 74.8 Å². The van der Waals surface area contributed by atoms with Crippen LogP contribution in [-0.2, 0) is 6.42 Å². The monoisotopic (exact) mass is 453 g/mol. The summed E-state index contributed by atoms with van der Waals surface area (Å²) in [5.41, 5.74) is 8.25. The van der Waals surface area contributed by atoms with Gasteiger partial charge in [-0.15, -0.1) is 0 Å². The molecule has 0 radical (unpaired) electrons. The van der Waals surface area contributed by atoms with E-state index in [0.29, 0.717) is 12.1 Å². The Bertz CT molecular complexity index is 1390. The second kappa shape index (κ2) is 8.74. The molecule has 0 bridgehead atoms. The number of fused-ring (bicyclic) bond motifs is 1. The predicted molar refractivity (Wildman–Crippen MR) is 130 cm³/mol. The summed E-state index contributed by atoms with van der Waals surface area (Å²) in [4.78, 5) is 21.9. The molecule has 3 heterocycles. The van der Waals surface area contributed by atoms with E-state index in [1.165, 1.54) is 0 Å². The molecule has 172 valence electrons. The van der Waals surface area contributed by atoms with Crippen LogP contribution in [0.5, 0.6) is 5.75 Å². The first-order chi connectivity index (χ1) is 16.4. The van der Waals surface area contributed by atoms with Gasteiger partial charge in [-0.05, 0) is 75.7 Å². The quantitative estimate of drug-likeness (QED) is 0.487. The molecule has 0 saturated heterocycles. The lowest BCUT2D eigenvalue weighted by molar-refractivity contribution is 0.0933. The molecular formula is C27H27N5O2. The zero-order valence-corrected chi connectivity index (χ0v) is 19.8. The molecule has 1 N–H and O–H groups in total. The van der Waals surface area contributed by atoms with E-state index < -0.39 is 0 Å². The van der Waals surface area contributed by atoms with Crippen molar-refractivity contribution in [2.75, 3.05) is 6.54 Å². The summed E-state index contributed by atoms with van der Waals surface area (Å²) in [7, 11) is 0. The Balaban J connectivity index is 1.25. The van der Waals surface area contributed by atoms with Crippen molar-refractivity contribution < 1.29 is 9.53 Å². The molecule has 1 amide bonds. The van der Waals surface area contributed by atoms with E-state index in [9.17, 15) is 4.79 Å². The molecule has 4 aromatic rings. The number of rotatable bonds is 5. The van der Waals surface area contributed by atoms with Gasteiger partial charge in [0.25, 0.3) is 5.91 Å². The fourth-order valence-corrected chi connectivity index (χ4v) is 4.37. The number of nitrogens with one attached hydrogen (secondary N) is 1. The highest BCUT2D eigenvalue weighted by Gasteiger charge is 2.24. The Morgan fingerprint density at radius 3 is 2.74 bits per heavy atom. The average molecular weight is 454 g/mol. The van der Waals surface area contributed by atoms with Crippen LogP contribution in [0.15, 0.2) is 54.7 Å². The maximum Gasteiger partial charge on any atom is 0.251 e. The van der Waals surface area contributed by atoms with Crippen LogP contribution in [0.2, 0.25) is 0 Å². The summed E-state index contributed by atoms with van der Waals surface area (Å²) in [6, 6.07) is 15.6. The number of nitrogens with zero attached hydrogens (tertiary/aromatic N) is 4. The highest BCUT2D eigenvalue weighted by molar-refractivity contribution is 5.94. The van der Waals surface area contributed by atoms with Crippen molar-refractivity contribution in [1.82, 2.24) is 25.1 Å². The van der Waals surface area contributed by atoms with Crippen LogP contribution in [0.25, 0.3) is 16.9 Å². The van der Waals surface area contributed by atoms with Crippen molar-refractivity contribution in [2.45, 2.75) is 40.2 Å². The molecule has 0 unspecified atom stereocenters. The number of hydrogen-bond donors (Lipinski definition) is 1. The Hall–Kier alpha value is -4.00. The third-order valence-electron chi connectivity index (χ3n) is 6.00. The summed E-state index contributed by atoms with van der Waals surface area (Å²) >= 11 is 0. The first-order valence-electron chi connectivity index (χ1n) is 11.4. The lowest BCUT2D eigenvalue weighted by Gasteiger charge is -2.12. The van der Waals surface area contributed by atoms with Crippen molar-refractivity contribution in [1.29, 1.82) is 0 Å². The highest BCUT2D eigenvalue weighted by Crippen LogP contribution is 2.33. The second-order valence-corrected chi connectivity index (χ2v) is 8.81. The fourth-order valence-electron chi connectivity index (χ4n) is 4.37. The predicted octanol–water partition coefficient (Wildman–Crippen LogP) is 4.30. The van der Waals surface area contributed by atoms with Crippen molar-refractivity contribution in [2.24, 2.45) is 0 Å². The molecule has 7 nitrogen and oxygen atoms in total. The Labute approximate surface area is 198 Å². The number of carbonyl (C=O) groups excluding carboxylic acids is 1. The van der Waals surface area contributed by atoms with Crippen molar-refractivity contribution >= 4 is 5.91 Å². The molecule has 5 rings (SSSR count). The van der Waals surface area contributed by atoms with E-state index in [4.69, 9.17) is 4.74 Å². The number of carbonyl (C=O) groups is 1. The average Bonchev–Trinajstić information content (AvgIpc) is 3.40. The summed E-state index contributed by atoms with van der Waals surface area (Å²) < 4.78 is 7.93. The van der Waals surface area contributed by atoms with Gasteiger partial charge in [0.05, 0.1) is 35.0 Å². The van der Waals surface area contributed by atoms with Crippen LogP contribution in [0.3, 0.4) is 0 Å². The van der Waals surface area contributed by atoms with E-state index >= 15 is 0 Å². The zero-order valence-electron chi connectivity index (χ0n) is 19.8. The van der Waals surface area contributed by atoms with Crippen LogP contribution < -0.4 is 10.1 Å². The van der Waals surface area contributed by atoms with E-state index in [2.05, 4.69) is 26.4 Å². The minimum Gasteiger partial charge on any atom is -0.488 e. The maximum absolute atomic E-state index is 12.8. The Kier molecular flexibility index (Phi) is 5.61. The van der Waals surface area contributed by atoms with Gasteiger partial charge in [0, 0.05) is 29.4 Å². The maximum atomic E-state index is 12.8. The third-order valence-corrected chi connectivity index (χ3v) is 6.00. The number of benzene rings is 2. The largest absolute Gasteiger partial charge is 0.488 e. The first kappa shape index (κ1) is 21.8. The van der Waals surface area contributed by atoms with Gasteiger partial charge in [-0.2, -0.15) is 5.10 Å². The summed E-state index contributed by atoms with van der Waals surface area (Å²) in [5.74, 6) is 0.724. The van der Waals surface area contributed by atoms with Crippen LogP contribution in [0.4, 0.5) is 0 Å². The Morgan fingerprint density at radius 1 is 1.09 bits per heavy atom. The molecule has 0 saturated carbocycles. The summed E-state index contributed by atoms with van der Waals surface area (Å²) in [6.07, 6.45) is 2.40. The van der Waals surface area contributed by atoms with Gasteiger partial charge < -0.3 is 10.1 Å². The third kappa shape index (κ3) is 4.29. The van der Waals surface area contributed by atoms with Gasteiger partial charge in [-0.25, -0.2) is 9.67 Å². The van der Waals surface area contributed by atoms with Gasteiger partial charge in [0.1, 0.15) is 11.9 Å². The van der Waals surface area contributed by atoms with E-state index in [1.54, 1.807) is 6.20 Å². The molecular weight excluding hydrogens is 426 g/mol. The molecule has 0 aliphatic carbocycles. The van der Waals surface area contributed by atoms with Crippen molar-refractivity contribution in [3.63, 3.8) is 0 Å². The molecule has 0 spiro atoms. The molecule has 34 heavy (non-hydrogen) atoms. The molecule has 7 heteroatoms. The van der Waals surface area contributed by atoms with E-state index in [0.717, 1.165) is 57.5 Å². The van der Waals surface area contributed by atoms with Crippen LogP contribution in [0.1, 0.15) is 38.7 Å². The topological polar surface area (TPSA) is 81.9 Å². The molecule has 2 aromatic heterocycles. The molecule has 1 aliphatic rings. The standard InChI is InChI=1S/C27H27N5O2/c1-16-10-18(3)32(31-16)23-7-5-6-21(12-23)27(33)29-15-24-13-22-11-20(8-9-25(22)34-24)26-19(4)28-14-17(2)30-26/h5-12,14,24H,13,15H2,1-4H3,(H,29,33)/t24-/m1/s1. The summed E-state index contributed by atoms with van der Waals surface area (Å²) in [5, 5.41) is 7.53. The minimum atomic E-state index is -0.130. The van der Waals surface area contributed by atoms with Gasteiger partial charge in [0.2, 0.25) is 0 Å². The number of ether oxygens (including phenoxy) is 1. The molecule has 1 aliphatic heterocycles. The number of amides is 1. The normalized spacial score (nSPS) is 14.5. The van der Waals surface area contributed by atoms with Crippen LogP contribution in [-0.4, -0.2) is 38.3 Å². The van der Waals surface area contributed by atoms with Crippen molar-refractivity contribution in [3.05, 3.63) is 88.6 Å². The molecule has 1 atom stereocenters. The highest BCUT2D eigenvalue weighted by atomic mass is 16.5. The number of hydrogen-bond acceptors (Lipinski definition) is 5. The number of aryl methyl sites for hydroxylation is 4. The SMILES string of the molecule is Cc1cnc(C)c(-c2ccc3c(c2)C[C@H](CNC(=O)c2cccc(-n4nc(C)cc4C)c2)O3)n1. The lowest BCUT2D eigenvalue weighted by Crippen LogP contribution is -2.34. The van der Waals surface area contributed by atoms with Crippen LogP contribution in [0, 0.1) is 27.7 Å². The second-order valence-electron chi connectivity index (χ2n) is 8.81. The van der Waals surface area contributed by atoms with Gasteiger partial charge in [0.15, 0.2) is 0 Å². The van der Waals surface area contributed by atoms with Crippen LogP contribution >= 0.6 is 0 Å². The smallest absolute Gasteiger partial charge is 0.251 e. The molecule has 2 aromatic carbocycles. The first-order valence-corrected chi connectivity index (χ1v) is 11.4. The van der Waals surface area contributed by atoms with Gasteiger partial charge in [-0.3, -0.25) is 9.78 Å². The Morgan fingerprint density at radius 2 is 1.94 bits per heavy atom. The number of aromatic nitrogens is 4. The summed E-state index contributed by atoms with van der Waals surface area (Å²) in [6.45, 7) is 8.29. The van der Waals surface area contributed by atoms with Crippen molar-refractivity contribution in [3.8, 4) is 22.7 Å². The minimum absolute atomic E-state index is 0.113. The van der Waals surface area contributed by atoms with E-state index in [-0.39, 0.29) is 12.0 Å². The lowest BCUT2D eigenvalue weighted by atomic mass is 10.0.